The van der Waals surface area contributed by atoms with Crippen LogP contribution >= 0.6 is 11.6 Å². The molecule has 1 N–H and O–H groups in total. The number of fused-ring (bicyclic) bond motifs is 3. The SMILES string of the molecule is COc1ccc(C)c2c1N[C@H](c1cccc(Cl)c1)[C@H]1CC=C[C@H]21. The van der Waals surface area contributed by atoms with Crippen LogP contribution in [0.2, 0.25) is 5.02 Å². The fraction of sp³-hybridized carbons (Fsp3) is 0.300. The maximum Gasteiger partial charge on any atom is 0.142 e. The van der Waals surface area contributed by atoms with Crippen LogP contribution in [0.5, 0.6) is 5.75 Å². The van der Waals surface area contributed by atoms with Crippen LogP contribution in [0.3, 0.4) is 0 Å². The minimum atomic E-state index is 0.247. The van der Waals surface area contributed by atoms with Gasteiger partial charge in [-0.15, -0.1) is 0 Å². The summed E-state index contributed by atoms with van der Waals surface area (Å²) >= 11 is 6.22. The number of anilines is 1. The molecule has 2 nitrogen and oxygen atoms in total. The number of benzene rings is 2. The Hall–Kier alpha value is -1.93. The first-order valence-electron chi connectivity index (χ1n) is 8.05. The van der Waals surface area contributed by atoms with E-state index in [1.807, 2.05) is 12.1 Å². The highest BCUT2D eigenvalue weighted by atomic mass is 35.5. The monoisotopic (exact) mass is 325 g/mol. The van der Waals surface area contributed by atoms with E-state index in [1.165, 1.54) is 16.7 Å². The summed E-state index contributed by atoms with van der Waals surface area (Å²) in [6, 6.07) is 12.6. The fourth-order valence-electron chi connectivity index (χ4n) is 4.07. The van der Waals surface area contributed by atoms with Gasteiger partial charge in [-0.3, -0.25) is 0 Å². The van der Waals surface area contributed by atoms with Gasteiger partial charge in [-0.2, -0.15) is 0 Å². The van der Waals surface area contributed by atoms with Gasteiger partial charge in [0.25, 0.3) is 0 Å². The average Bonchev–Trinajstić information content (AvgIpc) is 3.03. The summed E-state index contributed by atoms with van der Waals surface area (Å²) < 4.78 is 5.61. The average molecular weight is 326 g/mol. The molecule has 4 rings (SSSR count). The highest BCUT2D eigenvalue weighted by Gasteiger charge is 2.39. The molecule has 118 valence electrons. The van der Waals surface area contributed by atoms with E-state index in [4.69, 9.17) is 16.3 Å². The Morgan fingerprint density at radius 2 is 2.09 bits per heavy atom. The van der Waals surface area contributed by atoms with Crippen molar-refractivity contribution in [3.05, 3.63) is 70.3 Å². The van der Waals surface area contributed by atoms with Crippen molar-refractivity contribution in [2.24, 2.45) is 5.92 Å². The molecule has 3 atom stereocenters. The first-order valence-corrected chi connectivity index (χ1v) is 8.43. The van der Waals surface area contributed by atoms with E-state index in [-0.39, 0.29) is 6.04 Å². The van der Waals surface area contributed by atoms with Gasteiger partial charge < -0.3 is 10.1 Å². The first-order chi connectivity index (χ1) is 11.2. The summed E-state index contributed by atoms with van der Waals surface area (Å²) in [5.74, 6) is 1.87. The molecule has 0 fully saturated rings. The Morgan fingerprint density at radius 1 is 1.22 bits per heavy atom. The molecule has 0 radical (unpaired) electrons. The molecule has 3 heteroatoms. The van der Waals surface area contributed by atoms with Crippen molar-refractivity contribution in [3.8, 4) is 5.75 Å². The normalized spacial score (nSPS) is 24.7. The first kappa shape index (κ1) is 14.6. The standard InChI is InChI=1S/C20H20ClNO/c1-12-9-10-17(23-2)20-18(12)15-7-4-8-16(15)19(22-20)13-5-3-6-14(21)11-13/h3-7,9-11,15-16,19,22H,8H2,1-2H3/t15-,16-,19+/m0/s1. The number of ether oxygens (including phenoxy) is 1. The van der Waals surface area contributed by atoms with Crippen molar-refractivity contribution in [2.45, 2.75) is 25.3 Å². The van der Waals surface area contributed by atoms with Gasteiger partial charge in [-0.05, 0) is 54.2 Å². The minimum absolute atomic E-state index is 0.247. The molecule has 23 heavy (non-hydrogen) atoms. The van der Waals surface area contributed by atoms with Crippen molar-refractivity contribution in [2.75, 3.05) is 12.4 Å². The van der Waals surface area contributed by atoms with Crippen molar-refractivity contribution < 1.29 is 4.74 Å². The zero-order valence-electron chi connectivity index (χ0n) is 13.3. The van der Waals surface area contributed by atoms with Gasteiger partial charge in [0.15, 0.2) is 0 Å². The Bertz CT molecular complexity index is 783. The molecule has 2 aromatic rings. The second-order valence-electron chi connectivity index (χ2n) is 6.40. The van der Waals surface area contributed by atoms with Crippen LogP contribution in [0, 0.1) is 12.8 Å². The number of hydrogen-bond donors (Lipinski definition) is 1. The molecule has 1 heterocycles. The molecular formula is C20H20ClNO. The third-order valence-corrected chi connectivity index (χ3v) is 5.36. The van der Waals surface area contributed by atoms with E-state index in [1.54, 1.807) is 7.11 Å². The molecule has 0 bridgehead atoms. The van der Waals surface area contributed by atoms with E-state index in [2.05, 4.69) is 48.7 Å². The van der Waals surface area contributed by atoms with E-state index in [9.17, 15) is 0 Å². The highest BCUT2D eigenvalue weighted by Crippen LogP contribution is 2.53. The lowest BCUT2D eigenvalue weighted by molar-refractivity contribution is 0.396. The van der Waals surface area contributed by atoms with E-state index >= 15 is 0 Å². The molecule has 1 aliphatic heterocycles. The van der Waals surface area contributed by atoms with Crippen LogP contribution in [0.15, 0.2) is 48.6 Å². The number of halogens is 1. The van der Waals surface area contributed by atoms with Crippen molar-refractivity contribution in [1.82, 2.24) is 0 Å². The maximum absolute atomic E-state index is 6.22. The number of nitrogens with one attached hydrogen (secondary N) is 1. The second kappa shape index (κ2) is 5.61. The van der Waals surface area contributed by atoms with Gasteiger partial charge in [-0.25, -0.2) is 0 Å². The largest absolute Gasteiger partial charge is 0.495 e. The summed E-state index contributed by atoms with van der Waals surface area (Å²) in [6.45, 7) is 2.18. The van der Waals surface area contributed by atoms with Crippen LogP contribution in [-0.4, -0.2) is 7.11 Å². The van der Waals surface area contributed by atoms with Crippen LogP contribution in [-0.2, 0) is 0 Å². The van der Waals surface area contributed by atoms with Crippen LogP contribution in [0.25, 0.3) is 0 Å². The van der Waals surface area contributed by atoms with Gasteiger partial charge in [0.1, 0.15) is 5.75 Å². The number of hydrogen-bond acceptors (Lipinski definition) is 2. The van der Waals surface area contributed by atoms with Gasteiger partial charge >= 0.3 is 0 Å². The molecule has 0 saturated carbocycles. The molecule has 1 aliphatic carbocycles. The van der Waals surface area contributed by atoms with Gasteiger partial charge in [-0.1, -0.05) is 42.0 Å². The fourth-order valence-corrected chi connectivity index (χ4v) is 4.27. The molecule has 0 unspecified atom stereocenters. The maximum atomic E-state index is 6.22. The lowest BCUT2D eigenvalue weighted by Gasteiger charge is -2.39. The zero-order chi connectivity index (χ0) is 16.0. The predicted octanol–water partition coefficient (Wildman–Crippen LogP) is 5.48. The third-order valence-electron chi connectivity index (χ3n) is 5.13. The second-order valence-corrected chi connectivity index (χ2v) is 6.84. The smallest absolute Gasteiger partial charge is 0.142 e. The predicted molar refractivity (Wildman–Crippen MR) is 95.5 cm³/mol. The van der Waals surface area contributed by atoms with Crippen molar-refractivity contribution in [1.29, 1.82) is 0 Å². The summed E-state index contributed by atoms with van der Waals surface area (Å²) in [6.07, 6.45) is 5.75. The number of aryl methyl sites for hydroxylation is 1. The van der Waals surface area contributed by atoms with E-state index in [0.29, 0.717) is 11.8 Å². The molecule has 0 saturated heterocycles. The quantitative estimate of drug-likeness (QED) is 0.738. The van der Waals surface area contributed by atoms with E-state index < -0.39 is 0 Å². The minimum Gasteiger partial charge on any atom is -0.495 e. The Kier molecular flexibility index (Phi) is 3.57. The third kappa shape index (κ3) is 2.33. The summed E-state index contributed by atoms with van der Waals surface area (Å²) in [7, 11) is 1.73. The Morgan fingerprint density at radius 3 is 2.87 bits per heavy atom. The number of allylic oxidation sites excluding steroid dienone is 2. The zero-order valence-corrected chi connectivity index (χ0v) is 14.1. The molecule has 0 aromatic heterocycles. The Labute approximate surface area is 142 Å². The van der Waals surface area contributed by atoms with Gasteiger partial charge in [0.05, 0.1) is 18.8 Å². The highest BCUT2D eigenvalue weighted by molar-refractivity contribution is 6.30. The number of methoxy groups -OCH3 is 1. The Balaban J connectivity index is 1.86. The molecule has 0 amide bonds. The van der Waals surface area contributed by atoms with Crippen LogP contribution in [0.4, 0.5) is 5.69 Å². The lowest BCUT2D eigenvalue weighted by atomic mass is 9.75. The van der Waals surface area contributed by atoms with Crippen molar-refractivity contribution in [3.63, 3.8) is 0 Å². The van der Waals surface area contributed by atoms with Crippen molar-refractivity contribution >= 4 is 17.3 Å². The lowest BCUT2D eigenvalue weighted by Crippen LogP contribution is -2.30. The number of rotatable bonds is 2. The summed E-state index contributed by atoms with van der Waals surface area (Å²) in [5.41, 5.74) is 5.07. The summed E-state index contributed by atoms with van der Waals surface area (Å²) in [4.78, 5) is 0. The van der Waals surface area contributed by atoms with Crippen LogP contribution in [0.1, 0.15) is 35.1 Å². The summed E-state index contributed by atoms with van der Waals surface area (Å²) in [5, 5.41) is 4.53. The topological polar surface area (TPSA) is 21.3 Å². The van der Waals surface area contributed by atoms with Crippen LogP contribution < -0.4 is 10.1 Å². The van der Waals surface area contributed by atoms with Gasteiger partial charge in [0.2, 0.25) is 0 Å². The molecule has 0 spiro atoms. The molecule has 2 aliphatic rings. The molecule has 2 aromatic carbocycles. The van der Waals surface area contributed by atoms with Gasteiger partial charge in [0, 0.05) is 10.9 Å². The molecular weight excluding hydrogens is 306 g/mol. The van der Waals surface area contributed by atoms with E-state index in [0.717, 1.165) is 22.9 Å².